The van der Waals surface area contributed by atoms with Crippen molar-refractivity contribution in [2.45, 2.75) is 32.8 Å². The number of halogens is 1. The maximum Gasteiger partial charge on any atom is 0.0976 e. The summed E-state index contributed by atoms with van der Waals surface area (Å²) in [5.41, 5.74) is 4.47. The highest BCUT2D eigenvalue weighted by atomic mass is 35.5. The first-order valence-electron chi connectivity index (χ1n) is 7.44. The van der Waals surface area contributed by atoms with Crippen molar-refractivity contribution in [3.8, 4) is 0 Å². The summed E-state index contributed by atoms with van der Waals surface area (Å²) in [7, 11) is 0. The molecular weight excluding hydrogens is 282 g/mol. The molecular formula is C18H22ClNO. The Hall–Kier alpha value is -1.51. The lowest BCUT2D eigenvalue weighted by molar-refractivity contribution is 0.191. The lowest BCUT2D eigenvalue weighted by atomic mass is 10.0. The molecule has 112 valence electrons. The quantitative estimate of drug-likeness (QED) is 0.816. The van der Waals surface area contributed by atoms with Gasteiger partial charge in [-0.15, -0.1) is 0 Å². The molecule has 0 bridgehead atoms. The molecule has 2 aromatic rings. The summed E-state index contributed by atoms with van der Waals surface area (Å²) in [5.74, 6) is 0. The van der Waals surface area contributed by atoms with Crippen molar-refractivity contribution in [3.05, 3.63) is 64.2 Å². The molecule has 0 aliphatic heterocycles. The van der Waals surface area contributed by atoms with Gasteiger partial charge in [-0.05, 0) is 30.0 Å². The number of nitrogens with one attached hydrogen (secondary N) is 1. The van der Waals surface area contributed by atoms with Gasteiger partial charge in [0.25, 0.3) is 0 Å². The molecule has 3 heteroatoms. The lowest BCUT2D eigenvalue weighted by Crippen LogP contribution is -2.14. The molecule has 0 aliphatic carbocycles. The third-order valence-corrected chi connectivity index (χ3v) is 4.08. The summed E-state index contributed by atoms with van der Waals surface area (Å²) < 4.78 is 0. The Morgan fingerprint density at radius 1 is 1.00 bits per heavy atom. The van der Waals surface area contributed by atoms with Gasteiger partial charge in [0, 0.05) is 22.8 Å². The fraction of sp³-hybridized carbons (Fsp3) is 0.333. The van der Waals surface area contributed by atoms with Crippen LogP contribution in [0.25, 0.3) is 0 Å². The topological polar surface area (TPSA) is 32.3 Å². The van der Waals surface area contributed by atoms with Crippen LogP contribution < -0.4 is 5.32 Å². The number of aliphatic hydroxyl groups excluding tert-OH is 1. The Balaban J connectivity index is 2.15. The molecule has 0 aliphatic rings. The summed E-state index contributed by atoms with van der Waals surface area (Å²) in [6.45, 7) is 4.74. The Morgan fingerprint density at radius 3 is 2.19 bits per heavy atom. The van der Waals surface area contributed by atoms with Crippen LogP contribution in [0.5, 0.6) is 0 Å². The first kappa shape index (κ1) is 15.9. The Labute approximate surface area is 131 Å². The number of aliphatic hydroxyl groups is 1. The van der Waals surface area contributed by atoms with Gasteiger partial charge >= 0.3 is 0 Å². The van der Waals surface area contributed by atoms with Crippen LogP contribution in [0.1, 0.15) is 36.6 Å². The summed E-state index contributed by atoms with van der Waals surface area (Å²) in [6.07, 6.45) is 1.32. The lowest BCUT2D eigenvalue weighted by Gasteiger charge is -2.19. The van der Waals surface area contributed by atoms with Crippen molar-refractivity contribution in [1.29, 1.82) is 0 Å². The molecule has 0 amide bonds. The minimum Gasteiger partial charge on any atom is -0.387 e. The number of benzene rings is 2. The molecule has 0 heterocycles. The number of anilines is 1. The monoisotopic (exact) mass is 303 g/mol. The molecule has 0 fully saturated rings. The molecule has 0 aromatic heterocycles. The summed E-state index contributed by atoms with van der Waals surface area (Å²) in [5, 5.41) is 14.3. The molecule has 2 aromatic carbocycles. The predicted molar refractivity (Wildman–Crippen MR) is 90.1 cm³/mol. The van der Waals surface area contributed by atoms with Gasteiger partial charge in [0.1, 0.15) is 0 Å². The van der Waals surface area contributed by atoms with Crippen LogP contribution in [0.4, 0.5) is 5.69 Å². The second kappa shape index (κ2) is 7.48. The smallest absolute Gasteiger partial charge is 0.0976 e. The van der Waals surface area contributed by atoms with Gasteiger partial charge in [0.15, 0.2) is 0 Å². The number of aryl methyl sites for hydroxylation is 2. The zero-order chi connectivity index (χ0) is 15.2. The molecule has 2 nitrogen and oxygen atoms in total. The average Bonchev–Trinajstić information content (AvgIpc) is 2.52. The number of para-hydroxylation sites is 1. The van der Waals surface area contributed by atoms with E-state index < -0.39 is 6.10 Å². The third-order valence-electron chi connectivity index (χ3n) is 3.74. The van der Waals surface area contributed by atoms with E-state index >= 15 is 0 Å². The molecule has 0 spiro atoms. The van der Waals surface area contributed by atoms with Crippen molar-refractivity contribution in [1.82, 2.24) is 0 Å². The van der Waals surface area contributed by atoms with Crippen LogP contribution in [0.2, 0.25) is 5.02 Å². The number of hydrogen-bond acceptors (Lipinski definition) is 2. The first-order chi connectivity index (χ1) is 10.2. The third kappa shape index (κ3) is 3.78. The maximum atomic E-state index is 10.3. The standard InChI is InChI=1S/C18H22ClNO/c1-3-13-8-7-9-14(4-2)18(13)20-12-17(21)15-10-5-6-11-16(15)19/h5-11,17,20-21H,3-4,12H2,1-2H3. The van der Waals surface area contributed by atoms with Crippen LogP contribution in [0.15, 0.2) is 42.5 Å². The molecule has 1 unspecified atom stereocenters. The van der Waals surface area contributed by atoms with Crippen LogP contribution in [0, 0.1) is 0 Å². The minimum absolute atomic E-state index is 0.452. The SMILES string of the molecule is CCc1cccc(CC)c1NCC(O)c1ccccc1Cl. The molecule has 2 rings (SSSR count). The van der Waals surface area contributed by atoms with Crippen molar-refractivity contribution in [2.24, 2.45) is 0 Å². The zero-order valence-electron chi connectivity index (χ0n) is 12.6. The first-order valence-corrected chi connectivity index (χ1v) is 7.82. The van der Waals surface area contributed by atoms with Gasteiger partial charge in [-0.1, -0.05) is 61.8 Å². The summed E-state index contributed by atoms with van der Waals surface area (Å²) >= 11 is 6.13. The van der Waals surface area contributed by atoms with Gasteiger partial charge in [0.05, 0.1) is 6.10 Å². The molecule has 21 heavy (non-hydrogen) atoms. The molecule has 0 radical (unpaired) electrons. The Morgan fingerprint density at radius 2 is 1.62 bits per heavy atom. The van der Waals surface area contributed by atoms with E-state index in [2.05, 4.69) is 37.4 Å². The maximum absolute atomic E-state index is 10.3. The van der Waals surface area contributed by atoms with Crippen molar-refractivity contribution in [2.75, 3.05) is 11.9 Å². The van der Waals surface area contributed by atoms with Crippen molar-refractivity contribution >= 4 is 17.3 Å². The van der Waals surface area contributed by atoms with Gasteiger partial charge in [0.2, 0.25) is 0 Å². The fourth-order valence-corrected chi connectivity index (χ4v) is 2.79. The van der Waals surface area contributed by atoms with E-state index in [-0.39, 0.29) is 0 Å². The largest absolute Gasteiger partial charge is 0.387 e. The number of hydrogen-bond donors (Lipinski definition) is 2. The highest BCUT2D eigenvalue weighted by Gasteiger charge is 2.12. The average molecular weight is 304 g/mol. The van der Waals surface area contributed by atoms with Gasteiger partial charge in [-0.25, -0.2) is 0 Å². The van der Waals surface area contributed by atoms with Gasteiger partial charge in [-0.2, -0.15) is 0 Å². The predicted octanol–water partition coefficient (Wildman–Crippen LogP) is 4.61. The minimum atomic E-state index is -0.617. The van der Waals surface area contributed by atoms with E-state index in [1.165, 1.54) is 11.1 Å². The van der Waals surface area contributed by atoms with Gasteiger partial charge < -0.3 is 10.4 Å². The molecule has 0 saturated carbocycles. The highest BCUT2D eigenvalue weighted by molar-refractivity contribution is 6.31. The molecule has 1 atom stereocenters. The van der Waals surface area contributed by atoms with Gasteiger partial charge in [-0.3, -0.25) is 0 Å². The van der Waals surface area contributed by atoms with Crippen molar-refractivity contribution in [3.63, 3.8) is 0 Å². The zero-order valence-corrected chi connectivity index (χ0v) is 13.3. The molecule has 0 saturated heterocycles. The normalized spacial score (nSPS) is 12.2. The van der Waals surface area contributed by atoms with Crippen LogP contribution >= 0.6 is 11.6 Å². The van der Waals surface area contributed by atoms with E-state index in [1.807, 2.05) is 18.2 Å². The van der Waals surface area contributed by atoms with E-state index in [0.717, 1.165) is 24.1 Å². The fourth-order valence-electron chi connectivity index (χ4n) is 2.52. The van der Waals surface area contributed by atoms with Crippen molar-refractivity contribution < 1.29 is 5.11 Å². The summed E-state index contributed by atoms with van der Waals surface area (Å²) in [6, 6.07) is 13.8. The van der Waals surface area contributed by atoms with Crippen LogP contribution in [-0.4, -0.2) is 11.7 Å². The summed E-state index contributed by atoms with van der Waals surface area (Å²) in [4.78, 5) is 0. The van der Waals surface area contributed by atoms with E-state index in [0.29, 0.717) is 11.6 Å². The highest BCUT2D eigenvalue weighted by Crippen LogP contribution is 2.26. The van der Waals surface area contributed by atoms with E-state index in [9.17, 15) is 5.11 Å². The molecule has 2 N–H and O–H groups in total. The van der Waals surface area contributed by atoms with Crippen LogP contribution in [-0.2, 0) is 12.8 Å². The number of rotatable bonds is 6. The second-order valence-electron chi connectivity index (χ2n) is 5.08. The van der Waals surface area contributed by atoms with E-state index in [4.69, 9.17) is 11.6 Å². The second-order valence-corrected chi connectivity index (χ2v) is 5.48. The Bertz CT molecular complexity index is 575. The Kier molecular flexibility index (Phi) is 5.66. The van der Waals surface area contributed by atoms with E-state index in [1.54, 1.807) is 6.07 Å². The van der Waals surface area contributed by atoms with Crippen LogP contribution in [0.3, 0.4) is 0 Å².